The fourth-order valence-electron chi connectivity index (χ4n) is 2.26. The summed E-state index contributed by atoms with van der Waals surface area (Å²) in [6.07, 6.45) is 4.00. The van der Waals surface area contributed by atoms with Crippen molar-refractivity contribution in [2.75, 3.05) is 6.54 Å². The predicted octanol–water partition coefficient (Wildman–Crippen LogP) is 3.24. The molecular formula is C16H27ClN2O. The summed E-state index contributed by atoms with van der Waals surface area (Å²) in [4.78, 5) is 12.3. The second-order valence-corrected chi connectivity index (χ2v) is 4.95. The first-order valence-electron chi connectivity index (χ1n) is 7.28. The van der Waals surface area contributed by atoms with Crippen molar-refractivity contribution in [1.82, 2.24) is 5.32 Å². The Morgan fingerprint density at radius 2 is 1.90 bits per heavy atom. The van der Waals surface area contributed by atoms with Crippen LogP contribution in [0.3, 0.4) is 0 Å². The minimum absolute atomic E-state index is 0. The summed E-state index contributed by atoms with van der Waals surface area (Å²) in [6.45, 7) is 4.70. The molecule has 0 aromatic heterocycles. The molecule has 20 heavy (non-hydrogen) atoms. The molecule has 1 aromatic rings. The number of nitrogens with one attached hydrogen (secondary N) is 1. The van der Waals surface area contributed by atoms with Crippen LogP contribution >= 0.6 is 12.4 Å². The molecule has 0 aliphatic heterocycles. The Kier molecular flexibility index (Phi) is 10.1. The van der Waals surface area contributed by atoms with Crippen molar-refractivity contribution in [3.63, 3.8) is 0 Å². The molecule has 2 unspecified atom stereocenters. The van der Waals surface area contributed by atoms with Gasteiger partial charge in [-0.25, -0.2) is 0 Å². The molecule has 0 aliphatic rings. The number of benzene rings is 1. The Morgan fingerprint density at radius 1 is 1.25 bits per heavy atom. The first kappa shape index (κ1) is 18.9. The number of hydrogen-bond acceptors (Lipinski definition) is 2. The molecule has 3 nitrogen and oxygen atoms in total. The molecule has 0 bridgehead atoms. The summed E-state index contributed by atoms with van der Waals surface area (Å²) in [5.41, 5.74) is 6.80. The average molecular weight is 299 g/mol. The van der Waals surface area contributed by atoms with Crippen LogP contribution in [0, 0.1) is 0 Å². The van der Waals surface area contributed by atoms with E-state index in [4.69, 9.17) is 5.73 Å². The summed E-state index contributed by atoms with van der Waals surface area (Å²) < 4.78 is 0. The molecule has 1 amide bonds. The molecule has 1 aromatic carbocycles. The number of amides is 1. The van der Waals surface area contributed by atoms with Crippen LogP contribution in [0.15, 0.2) is 30.3 Å². The van der Waals surface area contributed by atoms with Gasteiger partial charge in [0.25, 0.3) is 0 Å². The van der Waals surface area contributed by atoms with Crippen LogP contribution in [-0.2, 0) is 4.79 Å². The summed E-state index contributed by atoms with van der Waals surface area (Å²) in [6, 6.07) is 10.0. The first-order chi connectivity index (χ1) is 9.22. The van der Waals surface area contributed by atoms with Crippen molar-refractivity contribution in [2.24, 2.45) is 5.73 Å². The van der Waals surface area contributed by atoms with Gasteiger partial charge in [-0.05, 0) is 18.4 Å². The number of nitrogens with two attached hydrogens (primary N) is 1. The van der Waals surface area contributed by atoms with Gasteiger partial charge >= 0.3 is 0 Å². The summed E-state index contributed by atoms with van der Waals surface area (Å²) in [5.74, 6) is 0.0251. The summed E-state index contributed by atoms with van der Waals surface area (Å²) in [5, 5.41) is 3.09. The molecule has 0 fully saturated rings. The molecule has 2 atom stereocenters. The third-order valence-corrected chi connectivity index (χ3v) is 3.46. The van der Waals surface area contributed by atoms with Gasteiger partial charge < -0.3 is 11.1 Å². The van der Waals surface area contributed by atoms with E-state index in [1.165, 1.54) is 0 Å². The number of unbranched alkanes of at least 4 members (excludes halogenated alkanes) is 1. The van der Waals surface area contributed by atoms with E-state index in [9.17, 15) is 4.79 Å². The third-order valence-electron chi connectivity index (χ3n) is 3.46. The van der Waals surface area contributed by atoms with Crippen LogP contribution in [0.2, 0.25) is 0 Å². The van der Waals surface area contributed by atoms with Gasteiger partial charge in [-0.2, -0.15) is 0 Å². The Morgan fingerprint density at radius 3 is 2.40 bits per heavy atom. The van der Waals surface area contributed by atoms with E-state index in [2.05, 4.69) is 12.2 Å². The molecule has 4 heteroatoms. The lowest BCUT2D eigenvalue weighted by Gasteiger charge is -2.21. The van der Waals surface area contributed by atoms with Crippen LogP contribution in [0.25, 0.3) is 0 Å². The Bertz CT molecular complexity index is 370. The fraction of sp³-hybridized carbons (Fsp3) is 0.562. The van der Waals surface area contributed by atoms with E-state index in [1.54, 1.807) is 0 Å². The van der Waals surface area contributed by atoms with Gasteiger partial charge in [-0.1, -0.05) is 57.0 Å². The topological polar surface area (TPSA) is 55.1 Å². The minimum atomic E-state index is -0.0723. The van der Waals surface area contributed by atoms with Gasteiger partial charge in [-0.15, -0.1) is 12.4 Å². The fourth-order valence-corrected chi connectivity index (χ4v) is 2.26. The Balaban J connectivity index is 0.00000361. The second kappa shape index (κ2) is 10.7. The molecular weight excluding hydrogens is 272 g/mol. The highest BCUT2D eigenvalue weighted by molar-refractivity contribution is 5.85. The normalized spacial score (nSPS) is 13.2. The molecule has 0 spiro atoms. The highest BCUT2D eigenvalue weighted by Gasteiger charge is 2.20. The van der Waals surface area contributed by atoms with Crippen LogP contribution in [0.1, 0.15) is 51.0 Å². The van der Waals surface area contributed by atoms with Crippen molar-refractivity contribution < 1.29 is 4.79 Å². The quantitative estimate of drug-likeness (QED) is 0.774. The van der Waals surface area contributed by atoms with Crippen molar-refractivity contribution in [3.05, 3.63) is 35.9 Å². The van der Waals surface area contributed by atoms with Gasteiger partial charge in [0.05, 0.1) is 5.92 Å². The number of carbonyl (C=O) groups is 1. The van der Waals surface area contributed by atoms with Crippen LogP contribution in [-0.4, -0.2) is 18.5 Å². The monoisotopic (exact) mass is 298 g/mol. The van der Waals surface area contributed by atoms with Crippen LogP contribution < -0.4 is 11.1 Å². The first-order valence-corrected chi connectivity index (χ1v) is 7.28. The summed E-state index contributed by atoms with van der Waals surface area (Å²) in [7, 11) is 0. The Labute approximate surface area is 128 Å². The van der Waals surface area contributed by atoms with Crippen molar-refractivity contribution in [1.29, 1.82) is 0 Å². The van der Waals surface area contributed by atoms with E-state index in [0.717, 1.165) is 31.2 Å². The Hall–Kier alpha value is -1.06. The third kappa shape index (κ3) is 5.93. The van der Waals surface area contributed by atoms with E-state index in [0.29, 0.717) is 6.54 Å². The van der Waals surface area contributed by atoms with Gasteiger partial charge in [0, 0.05) is 12.6 Å². The molecule has 0 heterocycles. The number of carbonyl (C=O) groups excluding carboxylic acids is 1. The molecule has 3 N–H and O–H groups in total. The number of hydrogen-bond donors (Lipinski definition) is 2. The largest absolute Gasteiger partial charge is 0.352 e. The SMILES string of the molecule is CCCCC(CN)NC(=O)C(CC)c1ccccc1.Cl. The van der Waals surface area contributed by atoms with Crippen molar-refractivity contribution in [3.8, 4) is 0 Å². The van der Waals surface area contributed by atoms with E-state index >= 15 is 0 Å². The standard InChI is InChI=1S/C16H26N2O.ClH/c1-3-5-11-14(12-17)18-16(19)15(4-2)13-9-7-6-8-10-13;/h6-10,14-15H,3-5,11-12,17H2,1-2H3,(H,18,19);1H. The maximum absolute atomic E-state index is 12.3. The van der Waals surface area contributed by atoms with E-state index < -0.39 is 0 Å². The average Bonchev–Trinajstić information content (AvgIpc) is 2.45. The molecule has 114 valence electrons. The lowest BCUT2D eigenvalue weighted by atomic mass is 9.95. The zero-order chi connectivity index (χ0) is 14.1. The number of halogens is 1. The summed E-state index contributed by atoms with van der Waals surface area (Å²) >= 11 is 0. The van der Waals surface area contributed by atoms with E-state index in [-0.39, 0.29) is 30.3 Å². The second-order valence-electron chi connectivity index (χ2n) is 4.95. The van der Waals surface area contributed by atoms with Gasteiger partial charge in [0.2, 0.25) is 5.91 Å². The van der Waals surface area contributed by atoms with Crippen molar-refractivity contribution in [2.45, 2.75) is 51.5 Å². The molecule has 0 radical (unpaired) electrons. The van der Waals surface area contributed by atoms with Gasteiger partial charge in [0.1, 0.15) is 0 Å². The van der Waals surface area contributed by atoms with Crippen LogP contribution in [0.4, 0.5) is 0 Å². The lowest BCUT2D eigenvalue weighted by molar-refractivity contribution is -0.123. The van der Waals surface area contributed by atoms with Gasteiger partial charge in [-0.3, -0.25) is 4.79 Å². The molecule has 0 saturated carbocycles. The smallest absolute Gasteiger partial charge is 0.227 e. The highest BCUT2D eigenvalue weighted by atomic mass is 35.5. The highest BCUT2D eigenvalue weighted by Crippen LogP contribution is 2.19. The molecule has 1 rings (SSSR count). The maximum atomic E-state index is 12.3. The van der Waals surface area contributed by atoms with Crippen molar-refractivity contribution >= 4 is 18.3 Å². The maximum Gasteiger partial charge on any atom is 0.227 e. The van der Waals surface area contributed by atoms with E-state index in [1.807, 2.05) is 37.3 Å². The van der Waals surface area contributed by atoms with Crippen LogP contribution in [0.5, 0.6) is 0 Å². The predicted molar refractivity (Wildman–Crippen MR) is 87.2 cm³/mol. The number of rotatable bonds is 8. The van der Waals surface area contributed by atoms with Gasteiger partial charge in [0.15, 0.2) is 0 Å². The zero-order valence-corrected chi connectivity index (χ0v) is 13.3. The molecule has 0 saturated heterocycles. The molecule has 0 aliphatic carbocycles. The minimum Gasteiger partial charge on any atom is -0.352 e. The lowest BCUT2D eigenvalue weighted by Crippen LogP contribution is -2.42. The zero-order valence-electron chi connectivity index (χ0n) is 12.5.